The minimum Gasteiger partial charge on any atom is -0.473 e. The van der Waals surface area contributed by atoms with Crippen LogP contribution >= 0.6 is 0 Å². The van der Waals surface area contributed by atoms with Crippen LogP contribution in [0.25, 0.3) is 17.9 Å². The molecule has 1 aromatic rings. The van der Waals surface area contributed by atoms with E-state index < -0.39 is 12.1 Å². The minimum absolute atomic E-state index is 0.274. The Kier molecular flexibility index (Phi) is 2.30. The monoisotopic (exact) mass is 242 g/mol. The molecular formula is C14H10O4. The molecule has 1 unspecified atom stereocenters. The SMILES string of the molecule is CC(=O)OC1=c2ccc3c(c2OC1C=O)C=CC=3. The molecule has 0 bridgehead atoms. The van der Waals surface area contributed by atoms with Gasteiger partial charge in [-0.2, -0.15) is 0 Å². The summed E-state index contributed by atoms with van der Waals surface area (Å²) >= 11 is 0. The molecule has 18 heavy (non-hydrogen) atoms. The van der Waals surface area contributed by atoms with Gasteiger partial charge in [0.2, 0.25) is 6.10 Å². The third-order valence-corrected chi connectivity index (χ3v) is 2.91. The Morgan fingerprint density at radius 2 is 2.28 bits per heavy atom. The Labute approximate surface area is 103 Å². The number of fused-ring (bicyclic) bond motifs is 3. The van der Waals surface area contributed by atoms with Gasteiger partial charge in [0.15, 0.2) is 12.0 Å². The van der Waals surface area contributed by atoms with E-state index in [0.717, 1.165) is 10.8 Å². The molecule has 0 aromatic heterocycles. The minimum atomic E-state index is -0.843. The van der Waals surface area contributed by atoms with Crippen molar-refractivity contribution in [3.8, 4) is 5.75 Å². The topological polar surface area (TPSA) is 52.6 Å². The van der Waals surface area contributed by atoms with Gasteiger partial charge in [-0.1, -0.05) is 24.3 Å². The summed E-state index contributed by atoms with van der Waals surface area (Å²) in [4.78, 5) is 22.1. The van der Waals surface area contributed by atoms with Gasteiger partial charge in [0, 0.05) is 12.5 Å². The van der Waals surface area contributed by atoms with Crippen molar-refractivity contribution in [1.29, 1.82) is 0 Å². The first kappa shape index (κ1) is 10.8. The molecule has 0 amide bonds. The number of rotatable bonds is 2. The van der Waals surface area contributed by atoms with Crippen molar-refractivity contribution < 1.29 is 19.1 Å². The lowest BCUT2D eigenvalue weighted by Crippen LogP contribution is -2.19. The fraction of sp³-hybridized carbons (Fsp3) is 0.143. The highest BCUT2D eigenvalue weighted by atomic mass is 16.6. The third kappa shape index (κ3) is 1.46. The zero-order chi connectivity index (χ0) is 12.7. The van der Waals surface area contributed by atoms with Gasteiger partial charge in [-0.05, 0) is 11.3 Å². The Hall–Kier alpha value is -2.36. The van der Waals surface area contributed by atoms with Gasteiger partial charge in [0.05, 0.1) is 5.22 Å². The summed E-state index contributed by atoms with van der Waals surface area (Å²) in [5.41, 5.74) is 0.918. The number of aldehydes is 1. The Morgan fingerprint density at radius 1 is 1.44 bits per heavy atom. The van der Waals surface area contributed by atoms with Crippen LogP contribution in [-0.2, 0) is 14.3 Å². The van der Waals surface area contributed by atoms with Crippen molar-refractivity contribution in [2.24, 2.45) is 0 Å². The summed E-state index contributed by atoms with van der Waals surface area (Å²) in [6, 6.07) is 3.72. The Balaban J connectivity index is 2.25. The van der Waals surface area contributed by atoms with E-state index >= 15 is 0 Å². The van der Waals surface area contributed by atoms with Crippen LogP contribution in [0.15, 0.2) is 18.2 Å². The molecule has 2 aliphatic rings. The van der Waals surface area contributed by atoms with Crippen LogP contribution in [0.3, 0.4) is 0 Å². The molecule has 90 valence electrons. The fourth-order valence-electron chi connectivity index (χ4n) is 2.19. The van der Waals surface area contributed by atoms with E-state index in [2.05, 4.69) is 0 Å². The highest BCUT2D eigenvalue weighted by Crippen LogP contribution is 2.24. The molecule has 1 heterocycles. The maximum atomic E-state index is 11.1. The van der Waals surface area contributed by atoms with E-state index in [1.54, 1.807) is 6.07 Å². The Morgan fingerprint density at radius 3 is 3.00 bits per heavy atom. The fourth-order valence-corrected chi connectivity index (χ4v) is 2.19. The van der Waals surface area contributed by atoms with Crippen LogP contribution < -0.4 is 15.2 Å². The summed E-state index contributed by atoms with van der Waals surface area (Å²) in [5, 5.41) is 1.70. The van der Waals surface area contributed by atoms with Crippen LogP contribution in [0.1, 0.15) is 12.5 Å². The van der Waals surface area contributed by atoms with Crippen molar-refractivity contribution in [2.45, 2.75) is 13.0 Å². The van der Waals surface area contributed by atoms with Crippen LogP contribution in [0, 0.1) is 0 Å². The third-order valence-electron chi connectivity index (χ3n) is 2.91. The Bertz CT molecular complexity index is 697. The molecule has 1 atom stereocenters. The number of allylic oxidation sites excluding steroid dienone is 1. The number of hydrogen-bond donors (Lipinski definition) is 0. The normalized spacial score (nSPS) is 18.7. The van der Waals surface area contributed by atoms with Crippen LogP contribution in [0.5, 0.6) is 5.75 Å². The van der Waals surface area contributed by atoms with Crippen molar-refractivity contribution >= 4 is 30.2 Å². The quantitative estimate of drug-likeness (QED) is 0.546. The summed E-state index contributed by atoms with van der Waals surface area (Å²) < 4.78 is 10.6. The summed E-state index contributed by atoms with van der Waals surface area (Å²) in [5.74, 6) is 0.414. The first-order chi connectivity index (χ1) is 8.70. The number of carbonyl (C=O) groups excluding carboxylic acids is 2. The number of carbonyl (C=O) groups is 2. The highest BCUT2D eigenvalue weighted by molar-refractivity contribution is 5.83. The van der Waals surface area contributed by atoms with Gasteiger partial charge in [0.25, 0.3) is 0 Å². The predicted octanol–water partition coefficient (Wildman–Crippen LogP) is 0.125. The zero-order valence-corrected chi connectivity index (χ0v) is 9.67. The first-order valence-electron chi connectivity index (χ1n) is 5.56. The number of esters is 1. The molecule has 0 saturated carbocycles. The number of ether oxygens (including phenoxy) is 2. The van der Waals surface area contributed by atoms with E-state index in [9.17, 15) is 9.59 Å². The van der Waals surface area contributed by atoms with Gasteiger partial charge in [-0.3, -0.25) is 9.59 Å². The molecule has 4 heteroatoms. The van der Waals surface area contributed by atoms with E-state index in [0.29, 0.717) is 17.3 Å². The molecule has 0 N–H and O–H groups in total. The van der Waals surface area contributed by atoms with Gasteiger partial charge in [0.1, 0.15) is 5.75 Å². The van der Waals surface area contributed by atoms with Crippen molar-refractivity contribution in [3.63, 3.8) is 0 Å². The second-order valence-corrected chi connectivity index (χ2v) is 4.10. The highest BCUT2D eigenvalue weighted by Gasteiger charge is 2.29. The molecule has 0 radical (unpaired) electrons. The average Bonchev–Trinajstić information content (AvgIpc) is 2.92. The second kappa shape index (κ2) is 3.84. The zero-order valence-electron chi connectivity index (χ0n) is 9.67. The van der Waals surface area contributed by atoms with Crippen LogP contribution in [0.4, 0.5) is 0 Å². The van der Waals surface area contributed by atoms with E-state index in [1.807, 2.05) is 24.3 Å². The van der Waals surface area contributed by atoms with Gasteiger partial charge in [-0.25, -0.2) is 0 Å². The van der Waals surface area contributed by atoms with Crippen molar-refractivity contribution in [3.05, 3.63) is 34.2 Å². The first-order valence-corrected chi connectivity index (χ1v) is 5.56. The summed E-state index contributed by atoms with van der Waals surface area (Å²) in [7, 11) is 0. The summed E-state index contributed by atoms with van der Waals surface area (Å²) in [6.45, 7) is 1.30. The maximum Gasteiger partial charge on any atom is 0.307 e. The average molecular weight is 242 g/mol. The lowest BCUT2D eigenvalue weighted by atomic mass is 10.1. The number of benzene rings is 1. The second-order valence-electron chi connectivity index (χ2n) is 4.10. The lowest BCUT2D eigenvalue weighted by molar-refractivity contribution is -0.135. The van der Waals surface area contributed by atoms with Gasteiger partial charge >= 0.3 is 5.97 Å². The molecule has 4 nitrogen and oxygen atoms in total. The summed E-state index contributed by atoms with van der Waals surface area (Å²) in [6.07, 6.45) is 5.57. The lowest BCUT2D eigenvalue weighted by Gasteiger charge is -2.08. The van der Waals surface area contributed by atoms with Gasteiger partial charge < -0.3 is 9.47 Å². The molecule has 1 aromatic carbocycles. The molecule has 1 aliphatic carbocycles. The van der Waals surface area contributed by atoms with Crippen molar-refractivity contribution in [2.75, 3.05) is 0 Å². The predicted molar refractivity (Wildman–Crippen MR) is 64.8 cm³/mol. The van der Waals surface area contributed by atoms with E-state index in [-0.39, 0.29) is 5.76 Å². The van der Waals surface area contributed by atoms with Gasteiger partial charge in [-0.15, -0.1) is 0 Å². The molecular weight excluding hydrogens is 232 g/mol. The molecule has 0 saturated heterocycles. The smallest absolute Gasteiger partial charge is 0.307 e. The molecule has 3 rings (SSSR count). The van der Waals surface area contributed by atoms with E-state index in [1.165, 1.54) is 6.92 Å². The molecule has 0 spiro atoms. The van der Waals surface area contributed by atoms with Crippen molar-refractivity contribution in [1.82, 2.24) is 0 Å². The molecule has 1 aliphatic heterocycles. The maximum absolute atomic E-state index is 11.1. The molecule has 0 fully saturated rings. The van der Waals surface area contributed by atoms with Crippen LogP contribution in [-0.4, -0.2) is 18.4 Å². The largest absolute Gasteiger partial charge is 0.473 e. The number of hydrogen-bond acceptors (Lipinski definition) is 4. The van der Waals surface area contributed by atoms with Crippen LogP contribution in [0.2, 0.25) is 0 Å². The standard InChI is InChI=1S/C14H10O4/c1-8(16)17-14-11-6-5-9-3-2-4-10(9)13(11)18-12(14)7-15/h2-7,12H,1H3. The van der Waals surface area contributed by atoms with E-state index in [4.69, 9.17) is 9.47 Å².